The molecule has 0 atom stereocenters. The summed E-state index contributed by atoms with van der Waals surface area (Å²) in [5, 5.41) is 15.7. The molecule has 1 N–H and O–H groups in total. The largest absolute Gasteiger partial charge is 0.494 e. The van der Waals surface area contributed by atoms with Crippen LogP contribution in [0.1, 0.15) is 45.1 Å². The Morgan fingerprint density at radius 1 is 0.851 bits per heavy atom. The predicted molar refractivity (Wildman–Crippen MR) is 187 cm³/mol. The summed E-state index contributed by atoms with van der Waals surface area (Å²) in [5.74, 6) is 2.33. The van der Waals surface area contributed by atoms with Crippen LogP contribution >= 0.6 is 23.4 Å². The van der Waals surface area contributed by atoms with Gasteiger partial charge in [-0.3, -0.25) is 10.2 Å². The smallest absolute Gasteiger partial charge is 0.283 e. The summed E-state index contributed by atoms with van der Waals surface area (Å²) in [6.45, 7) is 5.80. The molecule has 5 rings (SSSR count). The Labute approximate surface area is 283 Å². The minimum Gasteiger partial charge on any atom is -0.494 e. The van der Waals surface area contributed by atoms with Crippen LogP contribution in [0, 0.1) is 5.41 Å². The Hall–Kier alpha value is -4.48. The number of benzene rings is 3. The van der Waals surface area contributed by atoms with Crippen molar-refractivity contribution < 1.29 is 28.5 Å². The van der Waals surface area contributed by atoms with Gasteiger partial charge in [0.1, 0.15) is 42.1 Å². The van der Waals surface area contributed by atoms with Gasteiger partial charge in [0.05, 0.1) is 23.8 Å². The number of aliphatic imine (C=N–C) groups is 1. The molecule has 1 amide bonds. The molecule has 0 saturated carbocycles. The Kier molecular flexibility index (Phi) is 12.2. The second kappa shape index (κ2) is 16.9. The average Bonchev–Trinajstić information content (AvgIpc) is 3.49. The third-order valence-corrected chi connectivity index (χ3v) is 8.10. The minimum atomic E-state index is -0.549. The monoisotopic (exact) mass is 676 g/mol. The van der Waals surface area contributed by atoms with Gasteiger partial charge in [-0.25, -0.2) is 0 Å². The number of rotatable bonds is 17. The number of hydrazone groups is 1. The summed E-state index contributed by atoms with van der Waals surface area (Å²) in [5.41, 5.74) is 0.613. The molecule has 0 aliphatic carbocycles. The molecule has 3 aromatic carbocycles. The van der Waals surface area contributed by atoms with E-state index in [0.717, 1.165) is 12.2 Å². The second-order valence-electron chi connectivity index (χ2n) is 10.5. The Balaban J connectivity index is 1.18. The van der Waals surface area contributed by atoms with Crippen molar-refractivity contribution in [1.29, 1.82) is 5.41 Å². The van der Waals surface area contributed by atoms with Crippen molar-refractivity contribution in [2.75, 3.05) is 33.0 Å². The SMILES string of the molecule is CCCCCCOc1ccc(OCCOc2c(Cl)cc(/C=C3/C(=N)N4N=C(COc5ccccc5)SC4=NC3=O)cc2OCC)cc1. The van der Waals surface area contributed by atoms with E-state index >= 15 is 0 Å². The van der Waals surface area contributed by atoms with Gasteiger partial charge < -0.3 is 23.7 Å². The minimum absolute atomic E-state index is 0.0665. The topological polar surface area (TPSA) is 115 Å². The van der Waals surface area contributed by atoms with Crippen molar-refractivity contribution in [3.8, 4) is 28.7 Å². The molecule has 12 heteroatoms. The lowest BCUT2D eigenvalue weighted by molar-refractivity contribution is -0.114. The fourth-order valence-corrected chi connectivity index (χ4v) is 5.72. The van der Waals surface area contributed by atoms with Crippen LogP contribution in [0.3, 0.4) is 0 Å². The number of hydrogen-bond acceptors (Lipinski definition) is 9. The maximum Gasteiger partial charge on any atom is 0.283 e. The van der Waals surface area contributed by atoms with Gasteiger partial charge in [0.15, 0.2) is 17.3 Å². The maximum absolute atomic E-state index is 13.0. The summed E-state index contributed by atoms with van der Waals surface area (Å²) in [7, 11) is 0. The van der Waals surface area contributed by atoms with Crippen LogP contribution in [0.5, 0.6) is 28.7 Å². The molecule has 2 heterocycles. The summed E-state index contributed by atoms with van der Waals surface area (Å²) < 4.78 is 29.2. The van der Waals surface area contributed by atoms with E-state index in [2.05, 4.69) is 17.0 Å². The van der Waals surface area contributed by atoms with E-state index in [1.807, 2.05) is 61.5 Å². The van der Waals surface area contributed by atoms with Gasteiger partial charge >= 0.3 is 0 Å². The van der Waals surface area contributed by atoms with Crippen LogP contribution in [-0.2, 0) is 4.79 Å². The summed E-state index contributed by atoms with van der Waals surface area (Å²) in [4.78, 5) is 17.1. The number of hydrogen-bond donors (Lipinski definition) is 1. The zero-order chi connectivity index (χ0) is 33.0. The Morgan fingerprint density at radius 3 is 2.28 bits per heavy atom. The van der Waals surface area contributed by atoms with E-state index in [-0.39, 0.29) is 36.3 Å². The van der Waals surface area contributed by atoms with E-state index in [0.29, 0.717) is 52.0 Å². The molecule has 3 aromatic rings. The summed E-state index contributed by atoms with van der Waals surface area (Å²) >= 11 is 7.83. The summed E-state index contributed by atoms with van der Waals surface area (Å²) in [6, 6.07) is 20.2. The van der Waals surface area contributed by atoms with Crippen LogP contribution in [-0.4, -0.2) is 60.0 Å². The molecule has 10 nitrogen and oxygen atoms in total. The van der Waals surface area contributed by atoms with Gasteiger partial charge in [-0.2, -0.15) is 15.1 Å². The number of thioether (sulfide) groups is 1. The highest BCUT2D eigenvalue weighted by Gasteiger charge is 2.36. The molecular formula is C35H37ClN4O6S. The zero-order valence-electron chi connectivity index (χ0n) is 26.4. The van der Waals surface area contributed by atoms with E-state index in [9.17, 15) is 4.79 Å². The van der Waals surface area contributed by atoms with Crippen LogP contribution in [0.2, 0.25) is 5.02 Å². The molecule has 0 saturated heterocycles. The molecule has 0 unspecified atom stereocenters. The number of halogens is 1. The van der Waals surface area contributed by atoms with Gasteiger partial charge in [0, 0.05) is 0 Å². The van der Waals surface area contributed by atoms with Gasteiger partial charge in [-0.05, 0) is 85.3 Å². The van der Waals surface area contributed by atoms with Gasteiger partial charge in [0.25, 0.3) is 5.91 Å². The number of unbranched alkanes of at least 4 members (excludes halogenated alkanes) is 3. The summed E-state index contributed by atoms with van der Waals surface area (Å²) in [6.07, 6.45) is 6.19. The number of fused-ring (bicyclic) bond motifs is 1. The van der Waals surface area contributed by atoms with Crippen LogP contribution in [0.25, 0.3) is 6.08 Å². The standard InChI is InChI=1S/C35H37ClN4O6S/c1-3-5-6-10-17-43-26-13-15-27(16-14-26)44-18-19-45-32-29(36)21-24(22-30(32)42-4-2)20-28-33(37)40-35(38-34(28)41)47-31(39-40)23-46-25-11-8-7-9-12-25/h7-9,11-16,20-22,37H,3-6,10,17-19,23H2,1-2H3/b28-20-,37-33?. The molecule has 0 fully saturated rings. The van der Waals surface area contributed by atoms with E-state index in [1.165, 1.54) is 36.0 Å². The molecule has 0 aromatic heterocycles. The molecule has 2 aliphatic rings. The first-order valence-corrected chi connectivity index (χ1v) is 16.8. The van der Waals surface area contributed by atoms with Crippen molar-refractivity contribution in [2.45, 2.75) is 39.5 Å². The Morgan fingerprint density at radius 2 is 1.55 bits per heavy atom. The first-order valence-electron chi connectivity index (χ1n) is 15.6. The van der Waals surface area contributed by atoms with Crippen molar-refractivity contribution in [1.82, 2.24) is 5.01 Å². The van der Waals surface area contributed by atoms with Crippen LogP contribution in [0.4, 0.5) is 0 Å². The number of amidine groups is 2. The highest BCUT2D eigenvalue weighted by molar-refractivity contribution is 8.27. The number of nitrogens with zero attached hydrogens (tertiary/aromatic N) is 3. The molecule has 0 radical (unpaired) electrons. The lowest BCUT2D eigenvalue weighted by Gasteiger charge is -2.20. The number of amides is 1. The zero-order valence-corrected chi connectivity index (χ0v) is 27.9. The molecule has 2 aliphatic heterocycles. The fourth-order valence-electron chi connectivity index (χ4n) is 4.65. The van der Waals surface area contributed by atoms with Crippen LogP contribution in [0.15, 0.2) is 82.4 Å². The molecule has 47 heavy (non-hydrogen) atoms. The normalized spacial score (nSPS) is 14.9. The van der Waals surface area contributed by atoms with Gasteiger partial charge in [-0.1, -0.05) is 56.0 Å². The maximum atomic E-state index is 13.0. The highest BCUT2D eigenvalue weighted by Crippen LogP contribution is 2.38. The fraction of sp³-hybridized carbons (Fsp3) is 0.314. The molecular weight excluding hydrogens is 640 g/mol. The van der Waals surface area contributed by atoms with E-state index in [4.69, 9.17) is 40.7 Å². The van der Waals surface area contributed by atoms with E-state index < -0.39 is 5.91 Å². The van der Waals surface area contributed by atoms with Crippen LogP contribution < -0.4 is 23.7 Å². The number of nitrogens with one attached hydrogen (secondary N) is 1. The molecule has 246 valence electrons. The Bertz CT molecular complexity index is 1650. The number of carbonyl (C=O) groups is 1. The number of para-hydroxylation sites is 1. The van der Waals surface area contributed by atoms with Gasteiger partial charge in [0.2, 0.25) is 5.17 Å². The first kappa shape index (κ1) is 33.9. The number of carbonyl (C=O) groups excluding carboxylic acids is 1. The van der Waals surface area contributed by atoms with Crippen molar-refractivity contribution >= 4 is 51.4 Å². The van der Waals surface area contributed by atoms with Crippen molar-refractivity contribution in [3.05, 3.63) is 82.9 Å². The highest BCUT2D eigenvalue weighted by atomic mass is 35.5. The average molecular weight is 677 g/mol. The molecule has 0 spiro atoms. The third-order valence-electron chi connectivity index (χ3n) is 6.93. The van der Waals surface area contributed by atoms with E-state index in [1.54, 1.807) is 18.2 Å². The van der Waals surface area contributed by atoms with Gasteiger partial charge in [-0.15, -0.1) is 0 Å². The van der Waals surface area contributed by atoms with Crippen molar-refractivity contribution in [2.24, 2.45) is 10.1 Å². The first-order chi connectivity index (χ1) is 22.9. The third kappa shape index (κ3) is 9.30. The number of ether oxygens (including phenoxy) is 5. The predicted octanol–water partition coefficient (Wildman–Crippen LogP) is 7.85. The van der Waals surface area contributed by atoms with Crippen molar-refractivity contribution in [3.63, 3.8) is 0 Å². The lowest BCUT2D eigenvalue weighted by Crippen LogP contribution is -2.35. The lowest BCUT2D eigenvalue weighted by atomic mass is 10.1. The molecule has 0 bridgehead atoms. The second-order valence-corrected chi connectivity index (χ2v) is 11.9. The quantitative estimate of drug-likeness (QED) is 0.114.